The summed E-state index contributed by atoms with van der Waals surface area (Å²) in [6, 6.07) is 14.5. The normalized spacial score (nSPS) is 13.5. The highest BCUT2D eigenvalue weighted by molar-refractivity contribution is 5.99. The fourth-order valence-corrected chi connectivity index (χ4v) is 3.77. The van der Waals surface area contributed by atoms with Crippen LogP contribution in [0.15, 0.2) is 47.5 Å². The molecule has 0 radical (unpaired) electrons. The Bertz CT molecular complexity index is 759. The first kappa shape index (κ1) is 22.3. The Morgan fingerprint density at radius 1 is 0.964 bits per heavy atom. The highest BCUT2D eigenvalue weighted by Gasteiger charge is 2.19. The van der Waals surface area contributed by atoms with E-state index in [9.17, 15) is 0 Å². The maximum Gasteiger partial charge on any atom is 0.126 e. The number of amidine groups is 1. The van der Waals surface area contributed by atoms with E-state index in [1.165, 1.54) is 48.8 Å². The second kappa shape index (κ2) is 11.8. The number of unbranched alkanes of at least 4 members (excludes halogenated alkanes) is 3. The molecule has 0 saturated heterocycles. The summed E-state index contributed by atoms with van der Waals surface area (Å²) in [6.07, 6.45) is 9.51. The number of fused-ring (bicyclic) bond motifs is 1. The molecule has 0 amide bonds. The van der Waals surface area contributed by atoms with E-state index in [-0.39, 0.29) is 12.4 Å². The van der Waals surface area contributed by atoms with Crippen molar-refractivity contribution >= 4 is 18.2 Å². The summed E-state index contributed by atoms with van der Waals surface area (Å²) in [5, 5.41) is 0. The van der Waals surface area contributed by atoms with Crippen molar-refractivity contribution in [1.29, 1.82) is 0 Å². The van der Waals surface area contributed by atoms with Crippen molar-refractivity contribution < 1.29 is 4.74 Å². The molecule has 3 nitrogen and oxygen atoms in total. The molecule has 0 unspecified atom stereocenters. The summed E-state index contributed by atoms with van der Waals surface area (Å²) in [5.41, 5.74) is 11.4. The fraction of sp³-hybridized carbons (Fsp3) is 0.458. The summed E-state index contributed by atoms with van der Waals surface area (Å²) < 4.78 is 6.13. The van der Waals surface area contributed by atoms with Gasteiger partial charge in [0.15, 0.2) is 0 Å². The molecule has 2 aromatic rings. The third-order valence-corrected chi connectivity index (χ3v) is 5.30. The Morgan fingerprint density at radius 2 is 1.71 bits per heavy atom. The number of hydrogen-bond donors (Lipinski definition) is 1. The van der Waals surface area contributed by atoms with Crippen LogP contribution in [0.5, 0.6) is 5.75 Å². The summed E-state index contributed by atoms with van der Waals surface area (Å²) >= 11 is 0. The number of benzene rings is 2. The minimum Gasteiger partial charge on any atom is -0.493 e. The Morgan fingerprint density at radius 3 is 2.46 bits per heavy atom. The zero-order valence-corrected chi connectivity index (χ0v) is 17.8. The van der Waals surface area contributed by atoms with Gasteiger partial charge in [-0.2, -0.15) is 0 Å². The number of aliphatic imine (C=N–C) groups is 1. The quantitative estimate of drug-likeness (QED) is 0.326. The molecule has 1 aliphatic rings. The Labute approximate surface area is 175 Å². The first-order valence-electron chi connectivity index (χ1n) is 10.4. The van der Waals surface area contributed by atoms with Crippen molar-refractivity contribution in [3.05, 3.63) is 64.7 Å². The first-order valence-corrected chi connectivity index (χ1v) is 10.4. The number of ether oxygens (including phenoxy) is 1. The zero-order valence-electron chi connectivity index (χ0n) is 17.0. The average Bonchev–Trinajstić information content (AvgIpc) is 2.72. The summed E-state index contributed by atoms with van der Waals surface area (Å²) in [4.78, 5) is 4.65. The fourth-order valence-electron chi connectivity index (χ4n) is 3.77. The highest BCUT2D eigenvalue weighted by Crippen LogP contribution is 2.32. The van der Waals surface area contributed by atoms with Crippen LogP contribution in [0.25, 0.3) is 0 Å². The summed E-state index contributed by atoms with van der Waals surface area (Å²) in [7, 11) is 0. The summed E-state index contributed by atoms with van der Waals surface area (Å²) in [5.74, 6) is 1.70. The lowest BCUT2D eigenvalue weighted by molar-refractivity contribution is 0.300. The number of halogens is 1. The van der Waals surface area contributed by atoms with E-state index < -0.39 is 0 Å². The SMILES string of the molecule is CCCCCCOc1ccc(C(N)=NCc2ccccc2)c2c1CCCC2.Cl. The molecule has 28 heavy (non-hydrogen) atoms. The smallest absolute Gasteiger partial charge is 0.126 e. The van der Waals surface area contributed by atoms with Crippen LogP contribution in [0, 0.1) is 0 Å². The van der Waals surface area contributed by atoms with Gasteiger partial charge in [0, 0.05) is 5.56 Å². The molecule has 0 heterocycles. The van der Waals surface area contributed by atoms with Crippen molar-refractivity contribution in [1.82, 2.24) is 0 Å². The van der Waals surface area contributed by atoms with Crippen molar-refractivity contribution in [2.75, 3.05) is 6.61 Å². The van der Waals surface area contributed by atoms with Gasteiger partial charge in [-0.25, -0.2) is 0 Å². The molecule has 0 atom stereocenters. The average molecular weight is 401 g/mol. The number of nitrogens with zero attached hydrogens (tertiary/aromatic N) is 1. The molecule has 152 valence electrons. The molecule has 4 heteroatoms. The topological polar surface area (TPSA) is 47.6 Å². The molecule has 0 bridgehead atoms. The van der Waals surface area contributed by atoms with Crippen LogP contribution in [-0.4, -0.2) is 12.4 Å². The minimum absolute atomic E-state index is 0. The monoisotopic (exact) mass is 400 g/mol. The molecule has 2 N–H and O–H groups in total. The van der Waals surface area contributed by atoms with Crippen LogP contribution >= 0.6 is 12.4 Å². The third-order valence-electron chi connectivity index (χ3n) is 5.30. The minimum atomic E-state index is 0. The van der Waals surface area contributed by atoms with Crippen molar-refractivity contribution in [2.24, 2.45) is 10.7 Å². The number of nitrogens with two attached hydrogens (primary N) is 1. The van der Waals surface area contributed by atoms with Crippen LogP contribution in [0.3, 0.4) is 0 Å². The van der Waals surface area contributed by atoms with Crippen LogP contribution in [0.4, 0.5) is 0 Å². The molecule has 0 spiro atoms. The molecular weight excluding hydrogens is 368 g/mol. The lowest BCUT2D eigenvalue weighted by Crippen LogP contribution is -2.19. The van der Waals surface area contributed by atoms with Gasteiger partial charge in [0.05, 0.1) is 13.2 Å². The van der Waals surface area contributed by atoms with Crippen molar-refractivity contribution in [3.8, 4) is 5.75 Å². The van der Waals surface area contributed by atoms with E-state index in [4.69, 9.17) is 10.5 Å². The largest absolute Gasteiger partial charge is 0.493 e. The van der Waals surface area contributed by atoms with Gasteiger partial charge < -0.3 is 10.5 Å². The molecule has 0 fully saturated rings. The molecule has 3 rings (SSSR count). The molecule has 2 aromatic carbocycles. The molecule has 1 aliphatic carbocycles. The predicted molar refractivity (Wildman–Crippen MR) is 121 cm³/mol. The maximum atomic E-state index is 6.38. The van der Waals surface area contributed by atoms with E-state index in [0.717, 1.165) is 37.2 Å². The Kier molecular flexibility index (Phi) is 9.36. The Hall–Kier alpha value is -2.00. The number of rotatable bonds is 9. The molecule has 0 saturated carbocycles. The van der Waals surface area contributed by atoms with Crippen molar-refractivity contribution in [3.63, 3.8) is 0 Å². The van der Waals surface area contributed by atoms with Gasteiger partial charge in [-0.15, -0.1) is 12.4 Å². The van der Waals surface area contributed by atoms with Crippen LogP contribution in [-0.2, 0) is 19.4 Å². The van der Waals surface area contributed by atoms with E-state index in [2.05, 4.69) is 36.2 Å². The second-order valence-electron chi connectivity index (χ2n) is 7.37. The molecule has 0 aromatic heterocycles. The highest BCUT2D eigenvalue weighted by atomic mass is 35.5. The van der Waals surface area contributed by atoms with Gasteiger partial charge in [-0.3, -0.25) is 4.99 Å². The van der Waals surface area contributed by atoms with Crippen LogP contribution < -0.4 is 10.5 Å². The van der Waals surface area contributed by atoms with Gasteiger partial charge in [0.25, 0.3) is 0 Å². The Balaban J connectivity index is 0.00000280. The van der Waals surface area contributed by atoms with E-state index in [0.29, 0.717) is 12.4 Å². The summed E-state index contributed by atoms with van der Waals surface area (Å²) in [6.45, 7) is 3.67. The van der Waals surface area contributed by atoms with Crippen molar-refractivity contribution in [2.45, 2.75) is 64.8 Å². The van der Waals surface area contributed by atoms with Crippen LogP contribution in [0.2, 0.25) is 0 Å². The molecule has 0 aliphatic heterocycles. The third kappa shape index (κ3) is 6.00. The predicted octanol–water partition coefficient (Wildman–Crippen LogP) is 5.85. The van der Waals surface area contributed by atoms with Gasteiger partial charge in [-0.1, -0.05) is 56.5 Å². The van der Waals surface area contributed by atoms with Gasteiger partial charge in [0.1, 0.15) is 11.6 Å². The van der Waals surface area contributed by atoms with Gasteiger partial charge in [-0.05, 0) is 60.9 Å². The van der Waals surface area contributed by atoms with Gasteiger partial charge in [0.2, 0.25) is 0 Å². The van der Waals surface area contributed by atoms with E-state index in [1.807, 2.05) is 18.2 Å². The second-order valence-corrected chi connectivity index (χ2v) is 7.37. The first-order chi connectivity index (χ1) is 13.3. The molecular formula is C24H33ClN2O. The van der Waals surface area contributed by atoms with Crippen LogP contribution in [0.1, 0.15) is 67.7 Å². The number of hydrogen-bond acceptors (Lipinski definition) is 2. The zero-order chi connectivity index (χ0) is 18.9. The van der Waals surface area contributed by atoms with E-state index >= 15 is 0 Å². The van der Waals surface area contributed by atoms with Gasteiger partial charge >= 0.3 is 0 Å². The lowest BCUT2D eigenvalue weighted by Gasteiger charge is -2.22. The van der Waals surface area contributed by atoms with E-state index in [1.54, 1.807) is 0 Å². The maximum absolute atomic E-state index is 6.38. The lowest BCUT2D eigenvalue weighted by atomic mass is 9.87. The standard InChI is InChI=1S/C24H32N2O.ClH/c1-2-3-4-10-17-27-23-16-15-22(20-13-8-9-14-21(20)23)24(25)26-18-19-11-6-5-7-12-19;/h5-7,11-12,15-16H,2-4,8-10,13-14,17-18H2,1H3,(H2,25,26);1H.